The molecule has 0 aliphatic heterocycles. The van der Waals surface area contributed by atoms with E-state index in [1.165, 1.54) is 12.3 Å². The Morgan fingerprint density at radius 3 is 2.50 bits per heavy atom. The predicted molar refractivity (Wildman–Crippen MR) is 63.9 cm³/mol. The van der Waals surface area contributed by atoms with Crippen LogP contribution in [0.25, 0.3) is 0 Å². The molecule has 1 aromatic heterocycles. The fourth-order valence-electron chi connectivity index (χ4n) is 1.93. The average molecular weight is 288 g/mol. The number of rotatable bonds is 4. The number of nitrogens with two attached hydrogens (primary N) is 1. The Morgan fingerprint density at radius 1 is 1.20 bits per heavy atom. The van der Waals surface area contributed by atoms with Crippen LogP contribution in [0.5, 0.6) is 0 Å². The van der Waals surface area contributed by atoms with Crippen molar-refractivity contribution in [1.82, 2.24) is 5.43 Å². The fourth-order valence-corrected chi connectivity index (χ4v) is 1.93. The van der Waals surface area contributed by atoms with Crippen LogP contribution in [0, 0.1) is 5.82 Å². The summed E-state index contributed by atoms with van der Waals surface area (Å²) in [5, 5.41) is 0. The number of hydrazine groups is 1. The van der Waals surface area contributed by atoms with E-state index in [0.29, 0.717) is 11.8 Å². The van der Waals surface area contributed by atoms with E-state index >= 15 is 0 Å². The molecule has 0 saturated heterocycles. The third kappa shape index (κ3) is 3.00. The summed E-state index contributed by atoms with van der Waals surface area (Å²) in [6.45, 7) is 0. The Labute approximate surface area is 112 Å². The SMILES string of the molecule is NNC(Cc1ccco1)c1cccc(C(F)(F)F)c1F. The zero-order valence-electron chi connectivity index (χ0n) is 10.2. The molecule has 3 N–H and O–H groups in total. The van der Waals surface area contributed by atoms with Crippen molar-refractivity contribution in [3.63, 3.8) is 0 Å². The molecule has 0 spiro atoms. The van der Waals surface area contributed by atoms with Crippen LogP contribution in [0.2, 0.25) is 0 Å². The second kappa shape index (κ2) is 5.64. The Kier molecular flexibility index (Phi) is 4.10. The third-order valence-electron chi connectivity index (χ3n) is 2.90. The van der Waals surface area contributed by atoms with Gasteiger partial charge in [-0.25, -0.2) is 4.39 Å². The highest BCUT2D eigenvalue weighted by Gasteiger charge is 2.35. The second-order valence-corrected chi connectivity index (χ2v) is 4.21. The number of furan rings is 1. The highest BCUT2D eigenvalue weighted by Crippen LogP contribution is 2.34. The zero-order valence-corrected chi connectivity index (χ0v) is 10.2. The maximum atomic E-state index is 14.0. The molecule has 0 amide bonds. The largest absolute Gasteiger partial charge is 0.469 e. The van der Waals surface area contributed by atoms with E-state index in [2.05, 4.69) is 5.43 Å². The van der Waals surface area contributed by atoms with Gasteiger partial charge in [-0.3, -0.25) is 11.3 Å². The number of halogens is 4. The van der Waals surface area contributed by atoms with E-state index < -0.39 is 23.6 Å². The van der Waals surface area contributed by atoms with Crippen molar-refractivity contribution >= 4 is 0 Å². The normalized spacial score (nSPS) is 13.4. The molecular weight excluding hydrogens is 276 g/mol. The Morgan fingerprint density at radius 2 is 1.95 bits per heavy atom. The summed E-state index contributed by atoms with van der Waals surface area (Å²) in [4.78, 5) is 0. The molecule has 7 heteroatoms. The maximum absolute atomic E-state index is 14.0. The molecule has 108 valence electrons. The zero-order chi connectivity index (χ0) is 14.8. The van der Waals surface area contributed by atoms with Crippen molar-refractivity contribution in [3.05, 3.63) is 59.3 Å². The first kappa shape index (κ1) is 14.5. The minimum absolute atomic E-state index is 0.141. The number of nitrogens with one attached hydrogen (secondary N) is 1. The summed E-state index contributed by atoms with van der Waals surface area (Å²) in [7, 11) is 0. The minimum Gasteiger partial charge on any atom is -0.469 e. The average Bonchev–Trinajstić information content (AvgIpc) is 2.88. The van der Waals surface area contributed by atoms with Gasteiger partial charge in [0.25, 0.3) is 0 Å². The van der Waals surface area contributed by atoms with Crippen LogP contribution in [0.3, 0.4) is 0 Å². The van der Waals surface area contributed by atoms with Crippen LogP contribution >= 0.6 is 0 Å². The summed E-state index contributed by atoms with van der Waals surface area (Å²) in [6, 6.07) is 5.55. The van der Waals surface area contributed by atoms with Crippen molar-refractivity contribution in [3.8, 4) is 0 Å². The van der Waals surface area contributed by atoms with Gasteiger partial charge >= 0.3 is 6.18 Å². The molecule has 1 unspecified atom stereocenters. The molecule has 3 nitrogen and oxygen atoms in total. The predicted octanol–water partition coefficient (Wildman–Crippen LogP) is 3.18. The summed E-state index contributed by atoms with van der Waals surface area (Å²) < 4.78 is 57.1. The molecule has 0 radical (unpaired) electrons. The summed E-state index contributed by atoms with van der Waals surface area (Å²) in [5.74, 6) is 4.48. The molecule has 1 atom stereocenters. The molecule has 1 aromatic carbocycles. The van der Waals surface area contributed by atoms with Gasteiger partial charge in [0.15, 0.2) is 0 Å². The number of benzene rings is 1. The molecule has 20 heavy (non-hydrogen) atoms. The summed E-state index contributed by atoms with van der Waals surface area (Å²) in [5.41, 5.74) is 0.844. The first-order valence-corrected chi connectivity index (χ1v) is 5.77. The van der Waals surface area contributed by atoms with Gasteiger partial charge in [-0.1, -0.05) is 12.1 Å². The first-order chi connectivity index (χ1) is 9.43. The first-order valence-electron chi connectivity index (χ1n) is 5.77. The van der Waals surface area contributed by atoms with Crippen molar-refractivity contribution in [2.45, 2.75) is 18.6 Å². The molecule has 2 aromatic rings. The van der Waals surface area contributed by atoms with Crippen molar-refractivity contribution in [2.75, 3.05) is 0 Å². The van der Waals surface area contributed by atoms with Crippen LogP contribution in [0.15, 0.2) is 41.0 Å². The monoisotopic (exact) mass is 288 g/mol. The third-order valence-corrected chi connectivity index (χ3v) is 2.90. The maximum Gasteiger partial charge on any atom is 0.419 e. The number of hydrogen-bond acceptors (Lipinski definition) is 3. The molecule has 1 heterocycles. The van der Waals surface area contributed by atoms with Crippen molar-refractivity contribution < 1.29 is 22.0 Å². The Balaban J connectivity index is 2.35. The molecular formula is C13H12F4N2O. The van der Waals surface area contributed by atoms with Gasteiger partial charge in [0, 0.05) is 12.0 Å². The van der Waals surface area contributed by atoms with Crippen molar-refractivity contribution in [2.24, 2.45) is 5.84 Å². The lowest BCUT2D eigenvalue weighted by molar-refractivity contribution is -0.140. The second-order valence-electron chi connectivity index (χ2n) is 4.21. The van der Waals surface area contributed by atoms with Gasteiger partial charge in [0.2, 0.25) is 0 Å². The van der Waals surface area contributed by atoms with E-state index in [9.17, 15) is 17.6 Å². The summed E-state index contributed by atoms with van der Waals surface area (Å²) in [6.07, 6.45) is -3.18. The smallest absolute Gasteiger partial charge is 0.419 e. The molecule has 0 aliphatic rings. The van der Waals surface area contributed by atoms with Gasteiger partial charge in [-0.05, 0) is 18.2 Å². The number of alkyl halides is 3. The van der Waals surface area contributed by atoms with Crippen LogP contribution in [0.1, 0.15) is 22.9 Å². The van der Waals surface area contributed by atoms with Gasteiger partial charge in [-0.2, -0.15) is 13.2 Å². The van der Waals surface area contributed by atoms with Crippen LogP contribution < -0.4 is 11.3 Å². The standard InChI is InChI=1S/C13H12F4N2O/c14-12-9(4-1-5-10(12)13(15,16)17)11(19-18)7-8-3-2-6-20-8/h1-6,11,19H,7,18H2. The molecule has 0 fully saturated rings. The van der Waals surface area contributed by atoms with Crippen molar-refractivity contribution in [1.29, 1.82) is 0 Å². The highest BCUT2D eigenvalue weighted by atomic mass is 19.4. The molecule has 0 aliphatic carbocycles. The van der Waals surface area contributed by atoms with E-state index in [1.807, 2.05) is 0 Å². The lowest BCUT2D eigenvalue weighted by atomic mass is 9.99. The lowest BCUT2D eigenvalue weighted by Crippen LogP contribution is -2.30. The van der Waals surface area contributed by atoms with Crippen LogP contribution in [0.4, 0.5) is 17.6 Å². The quantitative estimate of drug-likeness (QED) is 0.516. The minimum atomic E-state index is -4.75. The summed E-state index contributed by atoms with van der Waals surface area (Å²) >= 11 is 0. The molecule has 0 saturated carbocycles. The van der Waals surface area contributed by atoms with Crippen LogP contribution in [-0.2, 0) is 12.6 Å². The van der Waals surface area contributed by atoms with E-state index in [1.54, 1.807) is 12.1 Å². The fraction of sp³-hybridized carbons (Fsp3) is 0.231. The van der Waals surface area contributed by atoms with E-state index in [-0.39, 0.29) is 12.0 Å². The van der Waals surface area contributed by atoms with Crippen LogP contribution in [-0.4, -0.2) is 0 Å². The van der Waals surface area contributed by atoms with Gasteiger partial charge in [-0.15, -0.1) is 0 Å². The Hall–Kier alpha value is -1.86. The van der Waals surface area contributed by atoms with Gasteiger partial charge in [0.1, 0.15) is 11.6 Å². The van der Waals surface area contributed by atoms with E-state index in [0.717, 1.165) is 6.07 Å². The topological polar surface area (TPSA) is 51.2 Å². The Bertz CT molecular complexity index is 566. The lowest BCUT2D eigenvalue weighted by Gasteiger charge is -2.18. The highest BCUT2D eigenvalue weighted by molar-refractivity contribution is 5.31. The molecule has 0 bridgehead atoms. The van der Waals surface area contributed by atoms with Gasteiger partial charge in [0.05, 0.1) is 17.9 Å². The van der Waals surface area contributed by atoms with Gasteiger partial charge < -0.3 is 4.42 Å². The van der Waals surface area contributed by atoms with E-state index in [4.69, 9.17) is 10.3 Å². The molecule has 2 rings (SSSR count). The number of hydrogen-bond donors (Lipinski definition) is 2.